The first-order valence-electron chi connectivity index (χ1n) is 9.66. The third kappa shape index (κ3) is 6.66. The van der Waals surface area contributed by atoms with Crippen molar-refractivity contribution in [3.8, 4) is 0 Å². The molecule has 0 atom stereocenters. The van der Waals surface area contributed by atoms with Gasteiger partial charge in [0.25, 0.3) is 0 Å². The largest absolute Gasteiger partial charge is 0.325 e. The number of amides is 3. The lowest BCUT2D eigenvalue weighted by Gasteiger charge is -2.23. The molecule has 0 aliphatic heterocycles. The fourth-order valence-electron chi connectivity index (χ4n) is 1.94. The molecule has 156 valence electrons. The molecule has 0 spiro atoms. The molecule has 28 heavy (non-hydrogen) atoms. The van der Waals surface area contributed by atoms with Crippen molar-refractivity contribution in [1.29, 1.82) is 0 Å². The summed E-state index contributed by atoms with van der Waals surface area (Å²) in [5, 5.41) is 8.61. The van der Waals surface area contributed by atoms with E-state index in [-0.39, 0.29) is 17.7 Å². The third-order valence-corrected chi connectivity index (χ3v) is 4.57. The van der Waals surface area contributed by atoms with Crippen molar-refractivity contribution in [3.63, 3.8) is 0 Å². The van der Waals surface area contributed by atoms with E-state index in [4.69, 9.17) is 0 Å². The van der Waals surface area contributed by atoms with E-state index in [1.54, 1.807) is 18.2 Å². The predicted molar refractivity (Wildman–Crippen MR) is 115 cm³/mol. The zero-order valence-corrected chi connectivity index (χ0v) is 18.7. The Morgan fingerprint density at radius 3 is 1.18 bits per heavy atom. The van der Waals surface area contributed by atoms with Crippen molar-refractivity contribution < 1.29 is 14.4 Å². The Kier molecular flexibility index (Phi) is 7.04. The van der Waals surface area contributed by atoms with Crippen LogP contribution in [0, 0.1) is 16.2 Å². The van der Waals surface area contributed by atoms with Crippen molar-refractivity contribution in [1.82, 2.24) is 0 Å². The normalized spacial score (nSPS) is 12.3. The van der Waals surface area contributed by atoms with Crippen LogP contribution in [0.3, 0.4) is 0 Å². The predicted octanol–water partition coefficient (Wildman–Crippen LogP) is 5.03. The molecular weight excluding hydrogens is 354 g/mol. The third-order valence-electron chi connectivity index (χ3n) is 4.57. The Bertz CT molecular complexity index is 707. The minimum atomic E-state index is -0.571. The van der Waals surface area contributed by atoms with E-state index in [9.17, 15) is 14.4 Å². The molecule has 0 saturated carbocycles. The van der Waals surface area contributed by atoms with E-state index in [1.807, 2.05) is 62.3 Å². The van der Waals surface area contributed by atoms with Crippen LogP contribution in [-0.2, 0) is 14.4 Å². The highest BCUT2D eigenvalue weighted by molar-refractivity contribution is 6.00. The quantitative estimate of drug-likeness (QED) is 0.660. The number of rotatable bonds is 5. The molecule has 0 aliphatic carbocycles. The Morgan fingerprint density at radius 2 is 0.929 bits per heavy atom. The van der Waals surface area contributed by atoms with Gasteiger partial charge in [0.2, 0.25) is 17.7 Å². The lowest BCUT2D eigenvalue weighted by Crippen LogP contribution is -2.31. The van der Waals surface area contributed by atoms with Crippen molar-refractivity contribution >= 4 is 34.8 Å². The molecule has 1 rings (SSSR count). The van der Waals surface area contributed by atoms with Gasteiger partial charge in [0.1, 0.15) is 0 Å². The summed E-state index contributed by atoms with van der Waals surface area (Å²) in [5.41, 5.74) is -0.134. The molecule has 0 aliphatic rings. The zero-order valence-electron chi connectivity index (χ0n) is 18.7. The van der Waals surface area contributed by atoms with Gasteiger partial charge in [0.15, 0.2) is 0 Å². The van der Waals surface area contributed by atoms with E-state index in [0.717, 1.165) is 0 Å². The minimum Gasteiger partial charge on any atom is -0.325 e. The summed E-state index contributed by atoms with van der Waals surface area (Å²) in [6.07, 6.45) is 0.687. The fraction of sp³-hybridized carbons (Fsp3) is 0.591. The molecule has 6 nitrogen and oxygen atoms in total. The smallest absolute Gasteiger partial charge is 0.230 e. The van der Waals surface area contributed by atoms with Crippen molar-refractivity contribution in [2.45, 2.75) is 68.7 Å². The van der Waals surface area contributed by atoms with Gasteiger partial charge in [-0.25, -0.2) is 0 Å². The summed E-state index contributed by atoms with van der Waals surface area (Å²) >= 11 is 0. The monoisotopic (exact) mass is 389 g/mol. The number of benzene rings is 1. The topological polar surface area (TPSA) is 87.3 Å². The first-order chi connectivity index (χ1) is 12.6. The van der Waals surface area contributed by atoms with Gasteiger partial charge in [-0.2, -0.15) is 0 Å². The second-order valence-electron chi connectivity index (χ2n) is 9.90. The number of nitrogens with one attached hydrogen (secondary N) is 3. The van der Waals surface area contributed by atoms with Gasteiger partial charge in [-0.15, -0.1) is 0 Å². The summed E-state index contributed by atoms with van der Waals surface area (Å²) in [4.78, 5) is 37.3. The van der Waals surface area contributed by atoms with Gasteiger partial charge in [-0.1, -0.05) is 62.3 Å². The number of carbonyl (C=O) groups is 3. The van der Waals surface area contributed by atoms with Crippen LogP contribution in [0.25, 0.3) is 0 Å². The van der Waals surface area contributed by atoms with Crippen LogP contribution in [0.5, 0.6) is 0 Å². The Labute approximate surface area is 168 Å². The maximum atomic E-state index is 12.6. The molecule has 0 heterocycles. The van der Waals surface area contributed by atoms with E-state index in [2.05, 4.69) is 16.0 Å². The Hall–Kier alpha value is -2.37. The maximum Gasteiger partial charge on any atom is 0.230 e. The van der Waals surface area contributed by atoms with Gasteiger partial charge in [0, 0.05) is 33.3 Å². The summed E-state index contributed by atoms with van der Waals surface area (Å²) < 4.78 is 0. The molecule has 0 saturated heterocycles. The highest BCUT2D eigenvalue weighted by Crippen LogP contribution is 2.28. The lowest BCUT2D eigenvalue weighted by atomic mass is 9.89. The van der Waals surface area contributed by atoms with Gasteiger partial charge >= 0.3 is 0 Å². The van der Waals surface area contributed by atoms with Crippen molar-refractivity contribution in [2.75, 3.05) is 16.0 Å². The van der Waals surface area contributed by atoms with Gasteiger partial charge in [0.05, 0.1) is 0 Å². The molecule has 3 amide bonds. The molecule has 6 heteroatoms. The standard InChI is InChI=1S/C22H35N3O3/c1-10-22(8,9)19(28)25-16-12-14(23-17(26)20(2,3)4)11-15(13-16)24-18(27)21(5,6)7/h11-13H,10H2,1-9H3,(H,23,26)(H,24,27)(H,25,28). The second-order valence-corrected chi connectivity index (χ2v) is 9.90. The molecule has 1 aromatic carbocycles. The Balaban J connectivity index is 3.25. The van der Waals surface area contributed by atoms with Gasteiger partial charge in [-0.3, -0.25) is 14.4 Å². The number of hydrogen-bond acceptors (Lipinski definition) is 3. The first kappa shape index (κ1) is 23.7. The van der Waals surface area contributed by atoms with E-state index in [1.165, 1.54) is 0 Å². The number of hydrogen-bond donors (Lipinski definition) is 3. The fourth-order valence-corrected chi connectivity index (χ4v) is 1.94. The number of anilines is 3. The minimum absolute atomic E-state index is 0.123. The molecule has 0 radical (unpaired) electrons. The molecule has 0 aromatic heterocycles. The van der Waals surface area contributed by atoms with Crippen molar-refractivity contribution in [3.05, 3.63) is 18.2 Å². The van der Waals surface area contributed by atoms with Crippen LogP contribution in [0.4, 0.5) is 17.1 Å². The lowest BCUT2D eigenvalue weighted by molar-refractivity contribution is -0.124. The van der Waals surface area contributed by atoms with Gasteiger partial charge in [-0.05, 0) is 24.6 Å². The van der Waals surface area contributed by atoms with E-state index >= 15 is 0 Å². The van der Waals surface area contributed by atoms with Crippen LogP contribution in [0.1, 0.15) is 68.7 Å². The number of carbonyl (C=O) groups excluding carboxylic acids is 3. The SMILES string of the molecule is CCC(C)(C)C(=O)Nc1cc(NC(=O)C(C)(C)C)cc(NC(=O)C(C)(C)C)c1. The molecule has 3 N–H and O–H groups in total. The first-order valence-corrected chi connectivity index (χ1v) is 9.66. The molecule has 0 unspecified atom stereocenters. The molecule has 0 bridgehead atoms. The maximum absolute atomic E-state index is 12.6. The van der Waals surface area contributed by atoms with E-state index < -0.39 is 16.2 Å². The summed E-state index contributed by atoms with van der Waals surface area (Å²) in [6.45, 7) is 16.6. The van der Waals surface area contributed by atoms with Crippen molar-refractivity contribution in [2.24, 2.45) is 16.2 Å². The van der Waals surface area contributed by atoms with Gasteiger partial charge < -0.3 is 16.0 Å². The summed E-state index contributed by atoms with van der Waals surface area (Å²) in [5.74, 6) is -0.432. The summed E-state index contributed by atoms with van der Waals surface area (Å²) in [7, 11) is 0. The van der Waals surface area contributed by atoms with E-state index in [0.29, 0.717) is 23.5 Å². The van der Waals surface area contributed by atoms with Crippen LogP contribution < -0.4 is 16.0 Å². The van der Waals surface area contributed by atoms with Crippen LogP contribution >= 0.6 is 0 Å². The van der Waals surface area contributed by atoms with Crippen LogP contribution in [0.2, 0.25) is 0 Å². The zero-order chi connectivity index (χ0) is 21.9. The highest BCUT2D eigenvalue weighted by atomic mass is 16.2. The summed E-state index contributed by atoms with van der Waals surface area (Å²) in [6, 6.07) is 5.08. The molecular formula is C22H35N3O3. The highest BCUT2D eigenvalue weighted by Gasteiger charge is 2.27. The average molecular weight is 390 g/mol. The average Bonchev–Trinajstić information content (AvgIpc) is 2.52. The molecule has 1 aromatic rings. The Morgan fingerprint density at radius 1 is 0.643 bits per heavy atom. The van der Waals surface area contributed by atoms with Crippen LogP contribution in [-0.4, -0.2) is 17.7 Å². The van der Waals surface area contributed by atoms with Crippen LogP contribution in [0.15, 0.2) is 18.2 Å². The molecule has 0 fully saturated rings. The second kappa shape index (κ2) is 8.33.